The first-order valence-electron chi connectivity index (χ1n) is 9.15. The van der Waals surface area contributed by atoms with E-state index in [1.165, 1.54) is 0 Å². The number of hydrogen-bond acceptors (Lipinski definition) is 4. The van der Waals surface area contributed by atoms with E-state index in [0.29, 0.717) is 12.8 Å². The van der Waals surface area contributed by atoms with Crippen LogP contribution in [0.5, 0.6) is 0 Å². The third-order valence-corrected chi connectivity index (χ3v) is 5.21. The zero-order valence-electron chi connectivity index (χ0n) is 16.8. The van der Waals surface area contributed by atoms with Crippen LogP contribution in [0.25, 0.3) is 5.69 Å². The first-order chi connectivity index (χ1) is 12.4. The highest BCUT2D eigenvalue weighted by Gasteiger charge is 2.40. The van der Waals surface area contributed by atoms with Crippen molar-refractivity contribution in [1.29, 1.82) is 0 Å². The molecule has 1 fully saturated rings. The summed E-state index contributed by atoms with van der Waals surface area (Å²) in [5.41, 5.74) is 3.46. The molecule has 1 aliphatic rings. The van der Waals surface area contributed by atoms with Crippen LogP contribution in [0.4, 0.5) is 0 Å². The molecule has 1 aromatic carbocycles. The maximum absolute atomic E-state index is 12.8. The smallest absolute Gasteiger partial charge is 0.252 e. The summed E-state index contributed by atoms with van der Waals surface area (Å²) in [5.74, 6) is -0.0309. The van der Waals surface area contributed by atoms with Crippen LogP contribution in [0.15, 0.2) is 30.3 Å². The normalized spacial score (nSPS) is 16.4. The molecule has 2 N–H and O–H groups in total. The van der Waals surface area contributed by atoms with Gasteiger partial charge in [0, 0.05) is 12.8 Å². The minimum atomic E-state index is -0.719. The Morgan fingerprint density at radius 3 is 2.32 bits per heavy atom. The lowest BCUT2D eigenvalue weighted by Gasteiger charge is -2.35. The van der Waals surface area contributed by atoms with Gasteiger partial charge in [0.15, 0.2) is 0 Å². The predicted molar refractivity (Wildman–Crippen MR) is 116 cm³/mol. The Kier molecular flexibility index (Phi) is 8.95. The van der Waals surface area contributed by atoms with E-state index in [1.54, 1.807) is 7.11 Å². The third kappa shape index (κ3) is 5.06. The van der Waals surface area contributed by atoms with Gasteiger partial charge in [0.25, 0.3) is 5.91 Å². The van der Waals surface area contributed by atoms with Crippen LogP contribution in [0.2, 0.25) is 0 Å². The second-order valence-corrected chi connectivity index (χ2v) is 7.07. The summed E-state index contributed by atoms with van der Waals surface area (Å²) >= 11 is 0. The second kappa shape index (κ2) is 10.3. The summed E-state index contributed by atoms with van der Waals surface area (Å²) in [6.07, 6.45) is 1.39. The van der Waals surface area contributed by atoms with Gasteiger partial charge in [-0.25, -0.2) is 4.68 Å². The van der Waals surface area contributed by atoms with Crippen molar-refractivity contribution in [2.24, 2.45) is 0 Å². The number of hydrogen-bond donors (Lipinski definition) is 2. The van der Waals surface area contributed by atoms with Crippen molar-refractivity contribution in [1.82, 2.24) is 20.4 Å². The molecule has 1 amide bonds. The molecule has 6 nitrogen and oxygen atoms in total. The van der Waals surface area contributed by atoms with Crippen molar-refractivity contribution in [3.8, 4) is 5.69 Å². The molecule has 3 rings (SSSR count). The summed E-state index contributed by atoms with van der Waals surface area (Å²) in [6.45, 7) is 7.63. The van der Waals surface area contributed by atoms with Crippen molar-refractivity contribution in [2.45, 2.75) is 45.3 Å². The Morgan fingerprint density at radius 1 is 1.21 bits per heavy atom. The van der Waals surface area contributed by atoms with Gasteiger partial charge in [-0.2, -0.15) is 5.10 Å². The fourth-order valence-electron chi connectivity index (χ4n) is 3.56. The van der Waals surface area contributed by atoms with Crippen LogP contribution in [0.1, 0.15) is 42.8 Å². The summed E-state index contributed by atoms with van der Waals surface area (Å²) in [6, 6.07) is 10.1. The molecule has 1 unspecified atom stereocenters. The summed E-state index contributed by atoms with van der Waals surface area (Å²) < 4.78 is 7.53. The van der Waals surface area contributed by atoms with E-state index < -0.39 is 5.60 Å². The molecule has 1 atom stereocenters. The topological polar surface area (TPSA) is 68.2 Å². The lowest BCUT2D eigenvalue weighted by Crippen LogP contribution is -2.54. The van der Waals surface area contributed by atoms with E-state index in [2.05, 4.69) is 21.8 Å². The molecule has 28 heavy (non-hydrogen) atoms. The molecule has 156 valence electrons. The molecule has 0 bridgehead atoms. The van der Waals surface area contributed by atoms with E-state index in [9.17, 15) is 4.79 Å². The number of rotatable bonds is 5. The van der Waals surface area contributed by atoms with Crippen LogP contribution in [-0.2, 0) is 9.53 Å². The van der Waals surface area contributed by atoms with Crippen molar-refractivity contribution in [3.63, 3.8) is 0 Å². The lowest BCUT2D eigenvalue weighted by atomic mass is 9.90. The van der Waals surface area contributed by atoms with Gasteiger partial charge in [-0.3, -0.25) is 4.79 Å². The second-order valence-electron chi connectivity index (χ2n) is 7.07. The van der Waals surface area contributed by atoms with Gasteiger partial charge in [-0.15, -0.1) is 24.8 Å². The number of aryl methyl sites for hydroxylation is 2. The minimum absolute atomic E-state index is 0. The van der Waals surface area contributed by atoms with Crippen molar-refractivity contribution in [3.05, 3.63) is 47.3 Å². The van der Waals surface area contributed by atoms with Gasteiger partial charge < -0.3 is 15.4 Å². The first-order valence-corrected chi connectivity index (χ1v) is 9.15. The number of nitrogens with zero attached hydrogens (tertiary/aromatic N) is 2. The van der Waals surface area contributed by atoms with Gasteiger partial charge in [0.1, 0.15) is 5.60 Å². The molecule has 8 heteroatoms. The number of ether oxygens (including phenoxy) is 1. The van der Waals surface area contributed by atoms with Gasteiger partial charge >= 0.3 is 0 Å². The SMILES string of the molecule is COC1(C(=O)NC(C)c2ccc(-n3nc(C)cc3C)cc2)CCNCC1.Cl.Cl. The Morgan fingerprint density at radius 2 is 1.82 bits per heavy atom. The van der Waals surface area contributed by atoms with Crippen LogP contribution < -0.4 is 10.6 Å². The number of carbonyl (C=O) groups excluding carboxylic acids is 1. The van der Waals surface area contributed by atoms with Crippen LogP contribution in [-0.4, -0.2) is 41.5 Å². The average Bonchev–Trinajstić information content (AvgIpc) is 3.00. The van der Waals surface area contributed by atoms with E-state index in [4.69, 9.17) is 4.74 Å². The predicted octanol–water partition coefficient (Wildman–Crippen LogP) is 3.28. The molecule has 1 aliphatic heterocycles. The molecule has 2 aromatic rings. The van der Waals surface area contributed by atoms with E-state index in [0.717, 1.165) is 35.7 Å². The molecular weight excluding hydrogens is 399 g/mol. The fraction of sp³-hybridized carbons (Fsp3) is 0.500. The van der Waals surface area contributed by atoms with Gasteiger partial charge in [-0.05, 0) is 70.5 Å². The van der Waals surface area contributed by atoms with E-state index >= 15 is 0 Å². The molecule has 1 saturated heterocycles. The van der Waals surface area contributed by atoms with Crippen LogP contribution >= 0.6 is 24.8 Å². The third-order valence-electron chi connectivity index (χ3n) is 5.21. The van der Waals surface area contributed by atoms with E-state index in [1.807, 2.05) is 49.7 Å². The van der Waals surface area contributed by atoms with Crippen LogP contribution in [0.3, 0.4) is 0 Å². The Balaban J connectivity index is 0.00000196. The number of carbonyl (C=O) groups is 1. The molecule has 0 aliphatic carbocycles. The Hall–Kier alpha value is -1.60. The molecule has 0 saturated carbocycles. The summed E-state index contributed by atoms with van der Waals surface area (Å²) in [4.78, 5) is 12.8. The summed E-state index contributed by atoms with van der Waals surface area (Å²) in [7, 11) is 1.62. The molecule has 0 radical (unpaired) electrons. The highest BCUT2D eigenvalue weighted by molar-refractivity contribution is 5.86. The zero-order valence-corrected chi connectivity index (χ0v) is 18.5. The lowest BCUT2D eigenvalue weighted by molar-refractivity contribution is -0.147. The number of benzene rings is 1. The number of piperidine rings is 1. The highest BCUT2D eigenvalue weighted by atomic mass is 35.5. The van der Waals surface area contributed by atoms with Crippen molar-refractivity contribution >= 4 is 30.7 Å². The monoisotopic (exact) mass is 428 g/mol. The standard InChI is InChI=1S/C20H28N4O2.2ClH/c1-14-13-15(2)24(23-14)18-7-5-17(6-8-18)16(3)22-19(25)20(26-4)9-11-21-12-10-20;;/h5-8,13,16,21H,9-12H2,1-4H3,(H,22,25);2*1H. The largest absolute Gasteiger partial charge is 0.368 e. The van der Waals surface area contributed by atoms with Gasteiger partial charge in [-0.1, -0.05) is 12.1 Å². The number of amides is 1. The fourth-order valence-corrected chi connectivity index (χ4v) is 3.56. The van der Waals surface area contributed by atoms with Gasteiger partial charge in [0.05, 0.1) is 17.4 Å². The average molecular weight is 429 g/mol. The number of methoxy groups -OCH3 is 1. The minimum Gasteiger partial charge on any atom is -0.368 e. The van der Waals surface area contributed by atoms with E-state index in [-0.39, 0.29) is 36.8 Å². The Labute approximate surface area is 179 Å². The molecular formula is C20H30Cl2N4O2. The maximum Gasteiger partial charge on any atom is 0.252 e. The number of halogens is 2. The van der Waals surface area contributed by atoms with Crippen molar-refractivity contribution in [2.75, 3.05) is 20.2 Å². The molecule has 2 heterocycles. The quantitative estimate of drug-likeness (QED) is 0.766. The summed E-state index contributed by atoms with van der Waals surface area (Å²) in [5, 5.41) is 10.9. The highest BCUT2D eigenvalue weighted by Crippen LogP contribution is 2.25. The van der Waals surface area contributed by atoms with Crippen LogP contribution in [0, 0.1) is 13.8 Å². The number of aromatic nitrogens is 2. The maximum atomic E-state index is 12.8. The number of nitrogens with one attached hydrogen (secondary N) is 2. The van der Waals surface area contributed by atoms with Crippen molar-refractivity contribution < 1.29 is 9.53 Å². The zero-order chi connectivity index (χ0) is 18.7. The van der Waals surface area contributed by atoms with Gasteiger partial charge in [0.2, 0.25) is 0 Å². The molecule has 1 aromatic heterocycles. The Bertz CT molecular complexity index is 771. The first kappa shape index (κ1) is 24.4. The molecule has 0 spiro atoms.